The number of carbonyl (C=O) groups excluding carboxylic acids is 3. The number of H-pyrrole nitrogens is 1. The van der Waals surface area contributed by atoms with Crippen LogP contribution in [0.25, 0.3) is 22.0 Å². The van der Waals surface area contributed by atoms with E-state index in [-0.39, 0.29) is 35.9 Å². The third-order valence-electron chi connectivity index (χ3n) is 8.74. The number of hydrazone groups is 1. The van der Waals surface area contributed by atoms with E-state index in [1.54, 1.807) is 24.3 Å². The van der Waals surface area contributed by atoms with Gasteiger partial charge in [-0.15, -0.1) is 5.10 Å². The van der Waals surface area contributed by atoms with Crippen molar-refractivity contribution in [3.63, 3.8) is 0 Å². The zero-order valence-corrected chi connectivity index (χ0v) is 28.6. The molecule has 1 saturated carbocycles. The average Bonchev–Trinajstić information content (AvgIpc) is 3.48. The summed E-state index contributed by atoms with van der Waals surface area (Å²) in [5, 5.41) is 20.5. The Kier molecular flexibility index (Phi) is 11.2. The van der Waals surface area contributed by atoms with Gasteiger partial charge in [0, 0.05) is 30.1 Å². The summed E-state index contributed by atoms with van der Waals surface area (Å²) in [7, 11) is 0. The Bertz CT molecular complexity index is 1820. The van der Waals surface area contributed by atoms with Gasteiger partial charge >= 0.3 is 6.09 Å². The molecule has 1 aliphatic rings. The van der Waals surface area contributed by atoms with Crippen LogP contribution in [-0.4, -0.2) is 52.1 Å². The molecular formula is C36H46N10O4. The van der Waals surface area contributed by atoms with Crippen molar-refractivity contribution in [1.82, 2.24) is 26.4 Å². The largest absolute Gasteiger partial charge is 0.444 e. The van der Waals surface area contributed by atoms with Crippen LogP contribution in [0.2, 0.25) is 0 Å². The lowest BCUT2D eigenvalue weighted by molar-refractivity contribution is -0.130. The van der Waals surface area contributed by atoms with Crippen LogP contribution in [0.15, 0.2) is 71.8 Å². The first-order chi connectivity index (χ1) is 23.9. The Morgan fingerprint density at radius 3 is 2.36 bits per heavy atom. The Morgan fingerprint density at radius 2 is 1.70 bits per heavy atom. The van der Waals surface area contributed by atoms with Crippen molar-refractivity contribution < 1.29 is 19.1 Å². The number of rotatable bonds is 11. The molecule has 0 bridgehead atoms. The van der Waals surface area contributed by atoms with Crippen molar-refractivity contribution in [2.24, 2.45) is 28.5 Å². The maximum atomic E-state index is 13.7. The number of anilines is 2. The van der Waals surface area contributed by atoms with Crippen LogP contribution in [0.5, 0.6) is 0 Å². The van der Waals surface area contributed by atoms with Gasteiger partial charge in [-0.1, -0.05) is 36.4 Å². The summed E-state index contributed by atoms with van der Waals surface area (Å²) in [6.07, 6.45) is 2.68. The predicted octanol–water partition coefficient (Wildman–Crippen LogP) is 3.89. The molecule has 1 atom stereocenters. The van der Waals surface area contributed by atoms with Gasteiger partial charge in [-0.25, -0.2) is 16.2 Å². The number of hydrogen-bond donors (Lipinski definition) is 8. The number of hydrazine groups is 1. The van der Waals surface area contributed by atoms with E-state index in [1.165, 1.54) is 0 Å². The van der Waals surface area contributed by atoms with E-state index >= 15 is 0 Å². The number of nitrogens with one attached hydrogen (secondary N) is 5. The van der Waals surface area contributed by atoms with Crippen LogP contribution < -0.4 is 38.8 Å². The maximum absolute atomic E-state index is 13.7. The van der Waals surface area contributed by atoms with Crippen LogP contribution >= 0.6 is 0 Å². The fourth-order valence-electron chi connectivity index (χ4n) is 6.15. The molecule has 1 heterocycles. The van der Waals surface area contributed by atoms with Gasteiger partial charge < -0.3 is 32.2 Å². The minimum absolute atomic E-state index is 0.170. The Labute approximate surface area is 290 Å². The number of nitrogen functional groups attached to an aromatic ring is 1. The minimum Gasteiger partial charge on any atom is -0.444 e. The highest BCUT2D eigenvalue weighted by Gasteiger charge is 2.30. The standard InChI is InChI=1S/C36H46N10O4/c1-36(2,3)50-35(49)40-20-22-9-13-25(14-10-22)33(47)42-29(34(48)41-26-17-15-24(16-18-26)31(37)45-46-39)19-21-7-11-23(12-8-21)27-5-4-6-28-30(27)32(38)44-43-28/h4-8,11-12,15-18,22,25,29,46H,9-10,13-14,19-20,39H2,1-3H3,(H2,37,45)(H,40,49)(H,41,48)(H,42,47)(H3,38,43,44)/t22?,25?,29-/m0/s1. The SMILES string of the molecule is CC(C)(C)OC(=O)NCC1CCC(C(=O)N[C@@H](Cc2ccc(-c3cccc4[nH]nc(N)c34)cc2)C(=O)Nc2ccc(/C(N)=N/NN)cc2)CC1. The van der Waals surface area contributed by atoms with E-state index < -0.39 is 17.7 Å². The van der Waals surface area contributed by atoms with Gasteiger partial charge in [0.25, 0.3) is 0 Å². The molecule has 14 nitrogen and oxygen atoms in total. The lowest BCUT2D eigenvalue weighted by Gasteiger charge is -2.29. The fraction of sp³-hybridized carbons (Fsp3) is 0.361. The molecule has 3 aromatic carbocycles. The van der Waals surface area contributed by atoms with Gasteiger partial charge in [0.1, 0.15) is 11.6 Å². The molecule has 11 N–H and O–H groups in total. The van der Waals surface area contributed by atoms with Gasteiger partial charge in [0.15, 0.2) is 11.7 Å². The summed E-state index contributed by atoms with van der Waals surface area (Å²) < 4.78 is 5.34. The third kappa shape index (κ3) is 9.29. The van der Waals surface area contributed by atoms with Gasteiger partial charge in [-0.2, -0.15) is 5.10 Å². The predicted molar refractivity (Wildman–Crippen MR) is 194 cm³/mol. The number of ether oxygens (including phenoxy) is 1. The summed E-state index contributed by atoms with van der Waals surface area (Å²) in [5.41, 5.74) is 18.4. The topological polar surface area (TPSA) is 228 Å². The van der Waals surface area contributed by atoms with Gasteiger partial charge in [-0.3, -0.25) is 14.7 Å². The molecule has 1 fully saturated rings. The second kappa shape index (κ2) is 15.7. The molecule has 264 valence electrons. The molecule has 0 spiro atoms. The lowest BCUT2D eigenvalue weighted by atomic mass is 9.81. The highest BCUT2D eigenvalue weighted by Crippen LogP contribution is 2.32. The van der Waals surface area contributed by atoms with Gasteiger partial charge in [0.2, 0.25) is 11.8 Å². The van der Waals surface area contributed by atoms with E-state index in [0.29, 0.717) is 36.5 Å². The number of nitrogens with two attached hydrogens (primary N) is 3. The van der Waals surface area contributed by atoms with Crippen molar-refractivity contribution in [3.8, 4) is 11.1 Å². The van der Waals surface area contributed by atoms with Crippen LogP contribution in [0.3, 0.4) is 0 Å². The zero-order valence-electron chi connectivity index (χ0n) is 28.6. The lowest BCUT2D eigenvalue weighted by Crippen LogP contribution is -2.48. The van der Waals surface area contributed by atoms with E-state index in [9.17, 15) is 14.4 Å². The number of fused-ring (bicyclic) bond motifs is 1. The normalized spacial score (nSPS) is 17.1. The van der Waals surface area contributed by atoms with Crippen LogP contribution in [0.1, 0.15) is 57.6 Å². The molecule has 14 heteroatoms. The zero-order chi connectivity index (χ0) is 35.8. The Morgan fingerprint density at radius 1 is 1.00 bits per heavy atom. The van der Waals surface area contributed by atoms with E-state index in [1.807, 2.05) is 63.2 Å². The summed E-state index contributed by atoms with van der Waals surface area (Å²) in [5.74, 6) is 5.32. The number of carbonyl (C=O) groups is 3. The van der Waals surface area contributed by atoms with E-state index in [2.05, 4.69) is 36.8 Å². The van der Waals surface area contributed by atoms with Crippen LogP contribution in [0.4, 0.5) is 16.3 Å². The number of benzene rings is 3. The van der Waals surface area contributed by atoms with E-state index in [0.717, 1.165) is 40.4 Å². The molecule has 1 aliphatic carbocycles. The third-order valence-corrected chi connectivity index (χ3v) is 8.74. The van der Waals surface area contributed by atoms with E-state index in [4.69, 9.17) is 22.0 Å². The summed E-state index contributed by atoms with van der Waals surface area (Å²) in [6.45, 7) is 5.96. The van der Waals surface area contributed by atoms with Crippen molar-refractivity contribution in [2.75, 3.05) is 17.6 Å². The Hall–Kier alpha value is -5.63. The second-order valence-electron chi connectivity index (χ2n) is 13.6. The number of amidine groups is 1. The molecule has 50 heavy (non-hydrogen) atoms. The molecule has 0 unspecified atom stereocenters. The fourth-order valence-corrected chi connectivity index (χ4v) is 6.15. The van der Waals surface area contributed by atoms with Gasteiger partial charge in [0.05, 0.1) is 10.9 Å². The first-order valence-electron chi connectivity index (χ1n) is 16.7. The summed E-state index contributed by atoms with van der Waals surface area (Å²) in [4.78, 5) is 39.4. The molecule has 0 saturated heterocycles. The molecule has 3 amide bonds. The van der Waals surface area contributed by atoms with Crippen molar-refractivity contribution in [1.29, 1.82) is 0 Å². The summed E-state index contributed by atoms with van der Waals surface area (Å²) in [6, 6.07) is 19.7. The molecule has 5 rings (SSSR count). The highest BCUT2D eigenvalue weighted by atomic mass is 16.6. The average molecular weight is 683 g/mol. The van der Waals surface area contributed by atoms with Crippen LogP contribution in [-0.2, 0) is 20.7 Å². The van der Waals surface area contributed by atoms with Crippen molar-refractivity contribution >= 4 is 46.2 Å². The summed E-state index contributed by atoms with van der Waals surface area (Å²) >= 11 is 0. The maximum Gasteiger partial charge on any atom is 0.407 e. The monoisotopic (exact) mass is 682 g/mol. The first kappa shape index (κ1) is 35.7. The molecule has 1 aromatic heterocycles. The number of alkyl carbamates (subject to hydrolysis) is 1. The number of amides is 3. The molecule has 0 radical (unpaired) electrons. The second-order valence-corrected chi connectivity index (χ2v) is 13.6. The number of aromatic amines is 1. The molecular weight excluding hydrogens is 636 g/mol. The smallest absolute Gasteiger partial charge is 0.407 e. The molecule has 0 aliphatic heterocycles. The Balaban J connectivity index is 1.27. The number of hydrogen-bond acceptors (Lipinski definition) is 9. The molecule has 4 aromatic rings. The van der Waals surface area contributed by atoms with Gasteiger partial charge in [-0.05, 0) is 99.4 Å². The van der Waals surface area contributed by atoms with Crippen molar-refractivity contribution in [2.45, 2.75) is 64.5 Å². The highest BCUT2D eigenvalue weighted by molar-refractivity contribution is 6.02. The number of aromatic nitrogens is 2. The van der Waals surface area contributed by atoms with Crippen LogP contribution in [0, 0.1) is 11.8 Å². The minimum atomic E-state index is -0.847. The number of nitrogens with zero attached hydrogens (tertiary/aromatic N) is 2. The van der Waals surface area contributed by atoms with Crippen molar-refractivity contribution in [3.05, 3.63) is 77.9 Å². The quantitative estimate of drug-likeness (QED) is 0.0496. The first-order valence-corrected chi connectivity index (χ1v) is 16.7.